The second-order valence-electron chi connectivity index (χ2n) is 3.22. The van der Waals surface area contributed by atoms with Gasteiger partial charge in [-0.05, 0) is 12.8 Å². The molecular weight excluding hydrogens is 194 g/mol. The predicted molar refractivity (Wildman–Crippen MR) is 55.5 cm³/mol. The molecule has 0 atom stereocenters. The van der Waals surface area contributed by atoms with Gasteiger partial charge in [-0.3, -0.25) is 9.78 Å². The molecular formula is C10H13N3O2. The molecule has 1 N–H and O–H groups in total. The van der Waals surface area contributed by atoms with Gasteiger partial charge in [0.15, 0.2) is 0 Å². The minimum absolute atomic E-state index is 0.320. The number of H-pyrrole nitrogens is 1. The summed E-state index contributed by atoms with van der Waals surface area (Å²) in [6, 6.07) is 2.01. The largest absolute Gasteiger partial charge is 0.328 e. The summed E-state index contributed by atoms with van der Waals surface area (Å²) in [5, 5.41) is 8.36. The monoisotopic (exact) mass is 207 g/mol. The van der Waals surface area contributed by atoms with Crippen molar-refractivity contribution in [1.29, 1.82) is 5.26 Å². The maximum atomic E-state index is 11.3. The van der Waals surface area contributed by atoms with E-state index in [2.05, 4.69) is 4.98 Å². The summed E-state index contributed by atoms with van der Waals surface area (Å²) in [6.45, 7) is 2.32. The third kappa shape index (κ3) is 2.81. The predicted octanol–water partition coefficient (Wildman–Crippen LogP) is 0.403. The van der Waals surface area contributed by atoms with Gasteiger partial charge in [-0.25, -0.2) is 4.79 Å². The first-order chi connectivity index (χ1) is 7.19. The Hall–Kier alpha value is -1.83. The Morgan fingerprint density at radius 2 is 2.27 bits per heavy atom. The van der Waals surface area contributed by atoms with Crippen LogP contribution in [-0.2, 0) is 13.0 Å². The van der Waals surface area contributed by atoms with Crippen LogP contribution in [0.5, 0.6) is 0 Å². The lowest BCUT2D eigenvalue weighted by molar-refractivity contribution is 0.607. The molecule has 0 unspecified atom stereocenters. The number of aromatic nitrogens is 2. The molecule has 0 spiro atoms. The van der Waals surface area contributed by atoms with Crippen molar-refractivity contribution in [1.82, 2.24) is 9.55 Å². The third-order valence-electron chi connectivity index (χ3n) is 2.15. The standard InChI is InChI=1S/C10H13N3O2/c1-2-8-7-13(6-4-3-5-11)10(15)12-9(8)14/h7H,2-4,6H2,1H3,(H,12,14,15). The van der Waals surface area contributed by atoms with E-state index < -0.39 is 5.69 Å². The maximum Gasteiger partial charge on any atom is 0.328 e. The molecule has 0 amide bonds. The highest BCUT2D eigenvalue weighted by atomic mass is 16.2. The first kappa shape index (κ1) is 11.2. The summed E-state index contributed by atoms with van der Waals surface area (Å²) in [4.78, 5) is 24.8. The Bertz CT molecular complexity index is 479. The van der Waals surface area contributed by atoms with Gasteiger partial charge < -0.3 is 4.57 Å². The highest BCUT2D eigenvalue weighted by molar-refractivity contribution is 5.03. The van der Waals surface area contributed by atoms with Crippen molar-refractivity contribution in [3.05, 3.63) is 32.6 Å². The van der Waals surface area contributed by atoms with Gasteiger partial charge in [0.05, 0.1) is 6.07 Å². The van der Waals surface area contributed by atoms with Gasteiger partial charge >= 0.3 is 5.69 Å². The molecule has 0 fully saturated rings. The second-order valence-corrected chi connectivity index (χ2v) is 3.22. The molecule has 15 heavy (non-hydrogen) atoms. The van der Waals surface area contributed by atoms with Crippen molar-refractivity contribution in [2.45, 2.75) is 32.7 Å². The fraction of sp³-hybridized carbons (Fsp3) is 0.500. The van der Waals surface area contributed by atoms with Gasteiger partial charge in [-0.2, -0.15) is 5.26 Å². The summed E-state index contributed by atoms with van der Waals surface area (Å²) in [7, 11) is 0. The van der Waals surface area contributed by atoms with Crippen molar-refractivity contribution in [2.24, 2.45) is 0 Å². The highest BCUT2D eigenvalue weighted by Crippen LogP contribution is 1.93. The van der Waals surface area contributed by atoms with E-state index in [9.17, 15) is 9.59 Å². The topological polar surface area (TPSA) is 78.7 Å². The van der Waals surface area contributed by atoms with Gasteiger partial charge in [-0.15, -0.1) is 0 Å². The molecule has 80 valence electrons. The van der Waals surface area contributed by atoms with Crippen molar-refractivity contribution in [2.75, 3.05) is 0 Å². The van der Waals surface area contributed by atoms with E-state index in [4.69, 9.17) is 5.26 Å². The van der Waals surface area contributed by atoms with Crippen LogP contribution in [0.2, 0.25) is 0 Å². The van der Waals surface area contributed by atoms with Gasteiger partial charge in [0.25, 0.3) is 5.56 Å². The molecule has 5 nitrogen and oxygen atoms in total. The van der Waals surface area contributed by atoms with Crippen LogP contribution in [0.15, 0.2) is 15.8 Å². The van der Waals surface area contributed by atoms with E-state index in [1.807, 2.05) is 13.0 Å². The number of aromatic amines is 1. The highest BCUT2D eigenvalue weighted by Gasteiger charge is 2.02. The zero-order valence-electron chi connectivity index (χ0n) is 8.62. The minimum atomic E-state index is -0.407. The van der Waals surface area contributed by atoms with E-state index in [0.717, 1.165) is 0 Å². The molecule has 0 aliphatic carbocycles. The fourth-order valence-corrected chi connectivity index (χ4v) is 1.30. The number of nitriles is 1. The SMILES string of the molecule is CCc1cn(CCCC#N)c(=O)[nH]c1=O. The molecule has 0 saturated heterocycles. The Kier molecular flexibility index (Phi) is 3.86. The molecule has 0 bridgehead atoms. The van der Waals surface area contributed by atoms with E-state index in [1.165, 1.54) is 4.57 Å². The van der Waals surface area contributed by atoms with Crippen molar-refractivity contribution in [3.8, 4) is 6.07 Å². The van der Waals surface area contributed by atoms with Gasteiger partial charge in [0.1, 0.15) is 0 Å². The molecule has 0 saturated carbocycles. The molecule has 0 aromatic carbocycles. The van der Waals surface area contributed by atoms with Crippen LogP contribution in [0.25, 0.3) is 0 Å². The van der Waals surface area contributed by atoms with Crippen LogP contribution < -0.4 is 11.2 Å². The molecule has 0 aliphatic heterocycles. The van der Waals surface area contributed by atoms with Gasteiger partial charge in [0, 0.05) is 24.7 Å². The summed E-state index contributed by atoms with van der Waals surface area (Å²) in [5.41, 5.74) is -0.138. The molecule has 1 aromatic rings. The van der Waals surface area contributed by atoms with E-state index in [0.29, 0.717) is 31.4 Å². The Morgan fingerprint density at radius 3 is 2.87 bits per heavy atom. The Labute approximate surface area is 87.0 Å². The lowest BCUT2D eigenvalue weighted by Crippen LogP contribution is -2.31. The van der Waals surface area contributed by atoms with E-state index >= 15 is 0 Å². The van der Waals surface area contributed by atoms with E-state index in [-0.39, 0.29) is 5.56 Å². The number of unbranched alkanes of at least 4 members (excludes halogenated alkanes) is 1. The maximum absolute atomic E-state index is 11.3. The summed E-state index contributed by atoms with van der Waals surface area (Å²) >= 11 is 0. The number of nitrogens with one attached hydrogen (secondary N) is 1. The molecule has 1 rings (SSSR count). The van der Waals surface area contributed by atoms with Crippen molar-refractivity contribution in [3.63, 3.8) is 0 Å². The Morgan fingerprint density at radius 1 is 1.53 bits per heavy atom. The number of hydrogen-bond donors (Lipinski definition) is 1. The normalized spacial score (nSPS) is 9.87. The van der Waals surface area contributed by atoms with Gasteiger partial charge in [-0.1, -0.05) is 6.92 Å². The number of aryl methyl sites for hydroxylation is 2. The minimum Gasteiger partial charge on any atom is -0.300 e. The first-order valence-electron chi connectivity index (χ1n) is 4.88. The van der Waals surface area contributed by atoms with Crippen LogP contribution in [0, 0.1) is 11.3 Å². The zero-order chi connectivity index (χ0) is 11.3. The number of nitrogens with zero attached hydrogens (tertiary/aromatic N) is 2. The summed E-state index contributed by atoms with van der Waals surface area (Å²) in [5.74, 6) is 0. The van der Waals surface area contributed by atoms with Crippen LogP contribution in [-0.4, -0.2) is 9.55 Å². The lowest BCUT2D eigenvalue weighted by atomic mass is 10.2. The summed E-state index contributed by atoms with van der Waals surface area (Å²) in [6.07, 6.45) is 3.19. The average molecular weight is 207 g/mol. The van der Waals surface area contributed by atoms with Crippen LogP contribution >= 0.6 is 0 Å². The number of rotatable bonds is 4. The van der Waals surface area contributed by atoms with Gasteiger partial charge in [0.2, 0.25) is 0 Å². The first-order valence-corrected chi connectivity index (χ1v) is 4.88. The van der Waals surface area contributed by atoms with Crippen molar-refractivity contribution >= 4 is 0 Å². The molecule has 1 aromatic heterocycles. The zero-order valence-corrected chi connectivity index (χ0v) is 8.62. The van der Waals surface area contributed by atoms with Crippen LogP contribution in [0.3, 0.4) is 0 Å². The molecule has 5 heteroatoms. The van der Waals surface area contributed by atoms with Crippen LogP contribution in [0.4, 0.5) is 0 Å². The quantitative estimate of drug-likeness (QED) is 0.726. The molecule has 0 aliphatic rings. The Balaban J connectivity index is 2.94. The van der Waals surface area contributed by atoms with Crippen molar-refractivity contribution < 1.29 is 0 Å². The second kappa shape index (κ2) is 5.15. The van der Waals surface area contributed by atoms with E-state index in [1.54, 1.807) is 6.20 Å². The fourth-order valence-electron chi connectivity index (χ4n) is 1.30. The molecule has 0 radical (unpaired) electrons. The smallest absolute Gasteiger partial charge is 0.300 e. The lowest BCUT2D eigenvalue weighted by Gasteiger charge is -2.04. The number of hydrogen-bond acceptors (Lipinski definition) is 3. The summed E-state index contributed by atoms with van der Waals surface area (Å²) < 4.78 is 1.44. The third-order valence-corrected chi connectivity index (χ3v) is 2.15. The molecule has 1 heterocycles. The van der Waals surface area contributed by atoms with Crippen LogP contribution in [0.1, 0.15) is 25.3 Å². The average Bonchev–Trinajstić information content (AvgIpc) is 2.21.